The molecule has 2 N–H and O–H groups in total. The van der Waals surface area contributed by atoms with Crippen molar-refractivity contribution in [3.8, 4) is 0 Å². The largest absolute Gasteiger partial charge is 0.481 e. The summed E-state index contributed by atoms with van der Waals surface area (Å²) in [6, 6.07) is 0. The lowest BCUT2D eigenvalue weighted by atomic mass is 9.74. The lowest BCUT2D eigenvalue weighted by Crippen LogP contribution is -2.57. The number of amides is 1. The van der Waals surface area contributed by atoms with Crippen molar-refractivity contribution in [3.63, 3.8) is 0 Å². The van der Waals surface area contributed by atoms with Gasteiger partial charge in [0, 0.05) is 6.20 Å². The molecule has 0 aliphatic heterocycles. The maximum absolute atomic E-state index is 12.3. The summed E-state index contributed by atoms with van der Waals surface area (Å²) in [7, 11) is 0. The first kappa shape index (κ1) is 18.0. The molecule has 0 atom stereocenters. The van der Waals surface area contributed by atoms with Gasteiger partial charge in [0.2, 0.25) is 0 Å². The minimum atomic E-state index is -1.20. The highest BCUT2D eigenvalue weighted by molar-refractivity contribution is 6.48. The van der Waals surface area contributed by atoms with E-state index in [4.69, 9.17) is 34.8 Å². The minimum absolute atomic E-state index is 0.0220. The molecule has 0 bridgehead atoms. The molecular weight excluding hydrogens is 339 g/mol. The van der Waals surface area contributed by atoms with Crippen LogP contribution >= 0.6 is 34.8 Å². The van der Waals surface area contributed by atoms with E-state index in [1.54, 1.807) is 13.8 Å². The van der Waals surface area contributed by atoms with Crippen LogP contribution in [-0.4, -0.2) is 27.5 Å². The van der Waals surface area contributed by atoms with Crippen LogP contribution in [0.15, 0.2) is 6.20 Å². The van der Waals surface area contributed by atoms with Crippen molar-refractivity contribution in [1.29, 1.82) is 0 Å². The summed E-state index contributed by atoms with van der Waals surface area (Å²) < 4.78 is 0. The molecule has 0 aliphatic rings. The van der Waals surface area contributed by atoms with E-state index < -0.39 is 22.8 Å². The number of aliphatic carboxylic acids is 1. The van der Waals surface area contributed by atoms with Gasteiger partial charge >= 0.3 is 5.97 Å². The molecule has 1 aromatic heterocycles. The van der Waals surface area contributed by atoms with Gasteiger partial charge in [-0.3, -0.25) is 9.59 Å². The molecule has 116 valence electrons. The SMILES string of the molecule is CC(C)(NC(=O)c1ncc(Cl)c(Cl)c1Cl)C(C)(C)C(=O)O. The van der Waals surface area contributed by atoms with Crippen molar-refractivity contribution >= 4 is 46.7 Å². The van der Waals surface area contributed by atoms with Crippen LogP contribution < -0.4 is 5.32 Å². The van der Waals surface area contributed by atoms with E-state index in [1.807, 2.05) is 0 Å². The number of nitrogens with zero attached hydrogens (tertiary/aromatic N) is 1. The summed E-state index contributed by atoms with van der Waals surface area (Å²) in [4.78, 5) is 27.4. The monoisotopic (exact) mass is 352 g/mol. The Labute approximate surface area is 137 Å². The molecule has 21 heavy (non-hydrogen) atoms. The van der Waals surface area contributed by atoms with Gasteiger partial charge in [-0.1, -0.05) is 34.8 Å². The second-order valence-electron chi connectivity index (χ2n) is 5.59. The Morgan fingerprint density at radius 2 is 1.67 bits per heavy atom. The molecule has 8 heteroatoms. The fourth-order valence-corrected chi connectivity index (χ4v) is 1.93. The van der Waals surface area contributed by atoms with Gasteiger partial charge in [0.15, 0.2) is 0 Å². The Bertz CT molecular complexity index is 601. The highest BCUT2D eigenvalue weighted by Crippen LogP contribution is 2.33. The highest BCUT2D eigenvalue weighted by Gasteiger charge is 2.44. The molecule has 0 saturated heterocycles. The van der Waals surface area contributed by atoms with Gasteiger partial charge in [-0.05, 0) is 27.7 Å². The lowest BCUT2D eigenvalue weighted by molar-refractivity contribution is -0.150. The second-order valence-corrected chi connectivity index (χ2v) is 6.76. The van der Waals surface area contributed by atoms with Crippen LogP contribution in [0.2, 0.25) is 15.1 Å². The maximum Gasteiger partial charge on any atom is 0.311 e. The summed E-state index contributed by atoms with van der Waals surface area (Å²) in [5.41, 5.74) is -2.36. The van der Waals surface area contributed by atoms with Crippen molar-refractivity contribution in [2.45, 2.75) is 33.2 Å². The van der Waals surface area contributed by atoms with Gasteiger partial charge in [-0.15, -0.1) is 0 Å². The van der Waals surface area contributed by atoms with Gasteiger partial charge in [0.25, 0.3) is 5.91 Å². The number of aromatic nitrogens is 1. The van der Waals surface area contributed by atoms with Crippen LogP contribution in [0.5, 0.6) is 0 Å². The summed E-state index contributed by atoms with van der Waals surface area (Å²) in [6.07, 6.45) is 1.21. The van der Waals surface area contributed by atoms with E-state index in [0.717, 1.165) is 0 Å². The minimum Gasteiger partial charge on any atom is -0.481 e. The second kappa shape index (κ2) is 5.99. The number of carbonyl (C=O) groups excluding carboxylic acids is 1. The molecule has 0 aromatic carbocycles. The van der Waals surface area contributed by atoms with E-state index in [9.17, 15) is 14.7 Å². The van der Waals surface area contributed by atoms with Gasteiger partial charge in [-0.2, -0.15) is 0 Å². The first-order valence-corrected chi connectivity index (χ1v) is 7.10. The van der Waals surface area contributed by atoms with Crippen molar-refractivity contribution in [1.82, 2.24) is 10.3 Å². The number of hydrogen-bond acceptors (Lipinski definition) is 3. The first-order valence-electron chi connectivity index (χ1n) is 5.97. The normalized spacial score (nSPS) is 12.1. The topological polar surface area (TPSA) is 79.3 Å². The molecule has 1 aromatic rings. The number of carbonyl (C=O) groups is 2. The molecule has 5 nitrogen and oxygen atoms in total. The molecule has 1 rings (SSSR count). The Morgan fingerprint density at radius 3 is 2.14 bits per heavy atom. The fraction of sp³-hybridized carbons (Fsp3) is 0.462. The number of halogens is 3. The van der Waals surface area contributed by atoms with Crippen LogP contribution in [0.1, 0.15) is 38.2 Å². The molecule has 0 radical (unpaired) electrons. The van der Waals surface area contributed by atoms with Crippen LogP contribution in [-0.2, 0) is 4.79 Å². The predicted octanol–water partition coefficient (Wildman–Crippen LogP) is 3.66. The molecule has 1 heterocycles. The smallest absolute Gasteiger partial charge is 0.311 e. The highest BCUT2D eigenvalue weighted by atomic mass is 35.5. The summed E-state index contributed by atoms with van der Waals surface area (Å²) in [5.74, 6) is -1.67. The third kappa shape index (κ3) is 3.42. The zero-order valence-electron chi connectivity index (χ0n) is 11.9. The Kier molecular flexibility index (Phi) is 5.13. The fourth-order valence-electron chi connectivity index (χ4n) is 1.37. The molecule has 0 unspecified atom stereocenters. The number of nitrogens with one attached hydrogen (secondary N) is 1. The van der Waals surface area contributed by atoms with E-state index in [-0.39, 0.29) is 20.8 Å². The Hall–Kier alpha value is -1.04. The molecule has 0 spiro atoms. The molecule has 0 aliphatic carbocycles. The lowest BCUT2D eigenvalue weighted by Gasteiger charge is -2.38. The number of carboxylic acids is 1. The number of rotatable bonds is 4. The van der Waals surface area contributed by atoms with Crippen LogP contribution in [0.3, 0.4) is 0 Å². The van der Waals surface area contributed by atoms with Crippen LogP contribution in [0.25, 0.3) is 0 Å². The van der Waals surface area contributed by atoms with Gasteiger partial charge in [0.1, 0.15) is 5.69 Å². The predicted molar refractivity (Wildman–Crippen MR) is 82.2 cm³/mol. The molecular formula is C13H15Cl3N2O3. The van der Waals surface area contributed by atoms with Gasteiger partial charge in [-0.25, -0.2) is 4.98 Å². The average Bonchev–Trinajstić information content (AvgIpc) is 2.34. The zero-order valence-corrected chi connectivity index (χ0v) is 14.2. The van der Waals surface area contributed by atoms with Crippen LogP contribution in [0.4, 0.5) is 0 Å². The number of carboxylic acid groups (broad SMARTS) is 1. The standard InChI is InChI=1S/C13H15Cl3N2O3/c1-12(2,11(20)21)13(3,4)18-10(19)9-8(16)7(15)6(14)5-17-9/h5H,1-4H3,(H,18,19)(H,20,21). The Balaban J connectivity index is 3.12. The van der Waals surface area contributed by atoms with Crippen molar-refractivity contribution in [2.75, 3.05) is 0 Å². The Morgan fingerprint density at radius 1 is 1.14 bits per heavy atom. The third-order valence-electron chi connectivity index (χ3n) is 3.66. The quantitative estimate of drug-likeness (QED) is 0.865. The van der Waals surface area contributed by atoms with Crippen molar-refractivity contribution in [2.24, 2.45) is 5.41 Å². The van der Waals surface area contributed by atoms with E-state index >= 15 is 0 Å². The van der Waals surface area contributed by atoms with Crippen molar-refractivity contribution < 1.29 is 14.7 Å². The van der Waals surface area contributed by atoms with Crippen molar-refractivity contribution in [3.05, 3.63) is 27.0 Å². The maximum atomic E-state index is 12.3. The average molecular weight is 354 g/mol. The summed E-state index contributed by atoms with van der Waals surface area (Å²) in [6.45, 7) is 6.23. The third-order valence-corrected chi connectivity index (χ3v) is 4.90. The number of hydrogen-bond donors (Lipinski definition) is 2. The molecule has 0 saturated carbocycles. The van der Waals surface area contributed by atoms with E-state index in [0.29, 0.717) is 0 Å². The van der Waals surface area contributed by atoms with Gasteiger partial charge in [0.05, 0.1) is 26.0 Å². The van der Waals surface area contributed by atoms with E-state index in [1.165, 1.54) is 20.0 Å². The molecule has 0 fully saturated rings. The zero-order chi connectivity index (χ0) is 16.6. The summed E-state index contributed by atoms with van der Waals surface area (Å²) in [5, 5.41) is 11.9. The summed E-state index contributed by atoms with van der Waals surface area (Å²) >= 11 is 17.6. The van der Waals surface area contributed by atoms with Gasteiger partial charge < -0.3 is 10.4 Å². The molecule has 1 amide bonds. The van der Waals surface area contributed by atoms with Crippen LogP contribution in [0, 0.1) is 5.41 Å². The first-order chi connectivity index (χ1) is 9.41. The van der Waals surface area contributed by atoms with E-state index in [2.05, 4.69) is 10.3 Å². The number of pyridine rings is 1.